The number of hydrogen-bond donors (Lipinski definition) is 2. The molecular formula is C20H16ClN5O2S. The normalized spacial score (nSPS) is 10.8. The second-order valence-electron chi connectivity index (χ2n) is 6.32. The lowest BCUT2D eigenvalue weighted by Gasteiger charge is -2.07. The Bertz CT molecular complexity index is 1270. The Morgan fingerprint density at radius 1 is 1.17 bits per heavy atom. The lowest BCUT2D eigenvalue weighted by molar-refractivity contribution is 0.251. The number of benzene rings is 2. The Labute approximate surface area is 175 Å². The van der Waals surface area contributed by atoms with E-state index in [4.69, 9.17) is 11.6 Å². The number of urea groups is 1. The number of nitrogens with zero attached hydrogens (tertiary/aromatic N) is 3. The molecule has 0 saturated carbocycles. The van der Waals surface area contributed by atoms with Gasteiger partial charge in [-0.25, -0.2) is 9.78 Å². The molecule has 2 heterocycles. The summed E-state index contributed by atoms with van der Waals surface area (Å²) in [5.74, 6) is 0. The molecule has 4 aromatic rings. The molecule has 0 saturated heterocycles. The van der Waals surface area contributed by atoms with Crippen LogP contribution >= 0.6 is 22.9 Å². The summed E-state index contributed by atoms with van der Waals surface area (Å²) in [6, 6.07) is 15.6. The number of fused-ring (bicyclic) bond motifs is 1. The summed E-state index contributed by atoms with van der Waals surface area (Å²) in [6.45, 7) is 2.10. The number of aromatic nitrogens is 3. The molecule has 0 atom stereocenters. The lowest BCUT2D eigenvalue weighted by Crippen LogP contribution is -2.29. The molecule has 2 aromatic heterocycles. The van der Waals surface area contributed by atoms with Crippen LogP contribution in [0.1, 0.15) is 11.3 Å². The van der Waals surface area contributed by atoms with Crippen LogP contribution in [0.4, 0.5) is 10.5 Å². The number of carbonyl (C=O) groups is 1. The van der Waals surface area contributed by atoms with Gasteiger partial charge in [-0.2, -0.15) is 9.61 Å². The summed E-state index contributed by atoms with van der Waals surface area (Å²) >= 11 is 7.24. The summed E-state index contributed by atoms with van der Waals surface area (Å²) in [5, 5.41) is 11.0. The van der Waals surface area contributed by atoms with Crippen molar-refractivity contribution in [3.8, 4) is 10.6 Å². The molecule has 0 aliphatic heterocycles. The van der Waals surface area contributed by atoms with Crippen LogP contribution in [0.2, 0.25) is 5.02 Å². The molecule has 2 aromatic carbocycles. The predicted molar refractivity (Wildman–Crippen MR) is 115 cm³/mol. The van der Waals surface area contributed by atoms with Crippen LogP contribution in [0.15, 0.2) is 59.4 Å². The molecule has 29 heavy (non-hydrogen) atoms. The van der Waals surface area contributed by atoms with Crippen molar-refractivity contribution in [1.29, 1.82) is 0 Å². The van der Waals surface area contributed by atoms with E-state index < -0.39 is 6.03 Å². The van der Waals surface area contributed by atoms with Crippen LogP contribution < -0.4 is 16.2 Å². The summed E-state index contributed by atoms with van der Waals surface area (Å²) in [6.07, 6.45) is 0. The van der Waals surface area contributed by atoms with Crippen molar-refractivity contribution in [3.05, 3.63) is 81.2 Å². The molecule has 4 rings (SSSR count). The topological polar surface area (TPSA) is 88.4 Å². The summed E-state index contributed by atoms with van der Waals surface area (Å²) in [7, 11) is 0. The van der Waals surface area contributed by atoms with Gasteiger partial charge in [-0.05, 0) is 30.7 Å². The first kappa shape index (κ1) is 19.1. The summed E-state index contributed by atoms with van der Waals surface area (Å²) in [5.41, 5.74) is 2.76. The lowest BCUT2D eigenvalue weighted by atomic mass is 10.1. The molecule has 0 unspecified atom stereocenters. The average molecular weight is 426 g/mol. The average Bonchev–Trinajstić information content (AvgIpc) is 3.11. The number of halogens is 1. The molecule has 2 N–H and O–H groups in total. The first-order valence-corrected chi connectivity index (χ1v) is 9.95. The second-order valence-corrected chi connectivity index (χ2v) is 7.71. The van der Waals surface area contributed by atoms with Crippen molar-refractivity contribution < 1.29 is 4.79 Å². The van der Waals surface area contributed by atoms with Gasteiger partial charge in [0.25, 0.3) is 5.56 Å². The highest BCUT2D eigenvalue weighted by Crippen LogP contribution is 2.26. The third-order valence-electron chi connectivity index (χ3n) is 4.19. The van der Waals surface area contributed by atoms with Crippen molar-refractivity contribution in [3.63, 3.8) is 0 Å². The van der Waals surface area contributed by atoms with Gasteiger partial charge < -0.3 is 10.6 Å². The SMILES string of the molecule is Cc1ccccc1-c1nn2c(=O)cc(CNC(=O)Nc3cccc(Cl)c3)nc2s1. The number of carbonyl (C=O) groups excluding carboxylic acids is 1. The molecule has 0 spiro atoms. The maximum atomic E-state index is 12.4. The van der Waals surface area contributed by atoms with Gasteiger partial charge in [-0.3, -0.25) is 4.79 Å². The highest BCUT2D eigenvalue weighted by atomic mass is 35.5. The van der Waals surface area contributed by atoms with E-state index in [2.05, 4.69) is 20.7 Å². The van der Waals surface area contributed by atoms with Crippen LogP contribution in [-0.2, 0) is 6.54 Å². The fourth-order valence-electron chi connectivity index (χ4n) is 2.78. The van der Waals surface area contributed by atoms with E-state index in [1.165, 1.54) is 21.9 Å². The highest BCUT2D eigenvalue weighted by molar-refractivity contribution is 7.19. The minimum atomic E-state index is -0.417. The van der Waals surface area contributed by atoms with Crippen molar-refractivity contribution in [2.75, 3.05) is 5.32 Å². The molecule has 2 amide bonds. The van der Waals surface area contributed by atoms with Gasteiger partial charge in [0, 0.05) is 22.3 Å². The zero-order valence-electron chi connectivity index (χ0n) is 15.3. The number of anilines is 1. The van der Waals surface area contributed by atoms with Gasteiger partial charge in [0.05, 0.1) is 12.2 Å². The first-order chi connectivity index (χ1) is 14.0. The van der Waals surface area contributed by atoms with Gasteiger partial charge in [0.2, 0.25) is 4.96 Å². The maximum absolute atomic E-state index is 12.4. The number of aryl methyl sites for hydroxylation is 1. The maximum Gasteiger partial charge on any atom is 0.319 e. The molecular weight excluding hydrogens is 410 g/mol. The van der Waals surface area contributed by atoms with E-state index in [0.717, 1.165) is 16.1 Å². The van der Waals surface area contributed by atoms with E-state index in [-0.39, 0.29) is 12.1 Å². The van der Waals surface area contributed by atoms with Gasteiger partial charge in [0.1, 0.15) is 5.01 Å². The first-order valence-electron chi connectivity index (χ1n) is 8.76. The third-order valence-corrected chi connectivity index (χ3v) is 5.36. The van der Waals surface area contributed by atoms with Gasteiger partial charge in [-0.1, -0.05) is 53.3 Å². The van der Waals surface area contributed by atoms with Crippen LogP contribution in [0.3, 0.4) is 0 Å². The van der Waals surface area contributed by atoms with E-state index >= 15 is 0 Å². The fourth-order valence-corrected chi connectivity index (χ4v) is 3.99. The van der Waals surface area contributed by atoms with E-state index in [0.29, 0.717) is 21.4 Å². The molecule has 0 aliphatic carbocycles. The number of rotatable bonds is 4. The molecule has 0 bridgehead atoms. The quantitative estimate of drug-likeness (QED) is 0.515. The van der Waals surface area contributed by atoms with Crippen LogP contribution in [0.5, 0.6) is 0 Å². The van der Waals surface area contributed by atoms with E-state index in [1.54, 1.807) is 24.3 Å². The molecule has 0 aliphatic rings. The minimum absolute atomic E-state index is 0.107. The van der Waals surface area contributed by atoms with Crippen molar-refractivity contribution in [1.82, 2.24) is 19.9 Å². The van der Waals surface area contributed by atoms with Crippen LogP contribution in [0.25, 0.3) is 15.5 Å². The van der Waals surface area contributed by atoms with Crippen molar-refractivity contribution in [2.45, 2.75) is 13.5 Å². The van der Waals surface area contributed by atoms with E-state index in [9.17, 15) is 9.59 Å². The number of amides is 2. The predicted octanol–water partition coefficient (Wildman–Crippen LogP) is 4.10. The molecule has 9 heteroatoms. The minimum Gasteiger partial charge on any atom is -0.332 e. The Kier molecular flexibility index (Phi) is 5.28. The van der Waals surface area contributed by atoms with Gasteiger partial charge in [0.15, 0.2) is 0 Å². The third kappa shape index (κ3) is 4.28. The molecule has 0 fully saturated rings. The smallest absolute Gasteiger partial charge is 0.319 e. The van der Waals surface area contributed by atoms with Crippen LogP contribution in [0, 0.1) is 6.92 Å². The Morgan fingerprint density at radius 3 is 2.79 bits per heavy atom. The Morgan fingerprint density at radius 2 is 2.00 bits per heavy atom. The van der Waals surface area contributed by atoms with Gasteiger partial charge >= 0.3 is 6.03 Å². The molecule has 146 valence electrons. The zero-order valence-corrected chi connectivity index (χ0v) is 16.9. The fraction of sp³-hybridized carbons (Fsp3) is 0.100. The van der Waals surface area contributed by atoms with E-state index in [1.807, 2.05) is 31.2 Å². The van der Waals surface area contributed by atoms with Crippen molar-refractivity contribution >= 4 is 39.6 Å². The number of hydrogen-bond acceptors (Lipinski definition) is 5. The monoisotopic (exact) mass is 425 g/mol. The number of nitrogens with one attached hydrogen (secondary N) is 2. The second kappa shape index (κ2) is 8.02. The molecule has 0 radical (unpaired) electrons. The molecule has 7 nitrogen and oxygen atoms in total. The highest BCUT2D eigenvalue weighted by Gasteiger charge is 2.12. The summed E-state index contributed by atoms with van der Waals surface area (Å²) in [4.78, 5) is 29.4. The Balaban J connectivity index is 1.52. The largest absolute Gasteiger partial charge is 0.332 e. The van der Waals surface area contributed by atoms with Crippen LogP contribution in [-0.4, -0.2) is 20.6 Å². The standard InChI is InChI=1S/C20H16ClN5O2S/c1-12-5-2-3-8-16(12)18-25-26-17(27)10-15(24-20(26)29-18)11-22-19(28)23-14-7-4-6-13(21)9-14/h2-10H,11H2,1H3,(H2,22,23,28). The summed E-state index contributed by atoms with van der Waals surface area (Å²) < 4.78 is 1.28. The van der Waals surface area contributed by atoms with Crippen molar-refractivity contribution in [2.24, 2.45) is 0 Å². The zero-order chi connectivity index (χ0) is 20.4. The van der Waals surface area contributed by atoms with Gasteiger partial charge in [-0.15, -0.1) is 0 Å². The Hall–Kier alpha value is -3.23.